The van der Waals surface area contributed by atoms with Gasteiger partial charge in [-0.3, -0.25) is 9.48 Å². The van der Waals surface area contributed by atoms with Crippen LogP contribution < -0.4 is 0 Å². The molecule has 3 aliphatic rings. The number of amides is 1. The van der Waals surface area contributed by atoms with Gasteiger partial charge in [-0.1, -0.05) is 0 Å². The van der Waals surface area contributed by atoms with Crippen LogP contribution in [-0.2, 0) is 29.0 Å². The second kappa shape index (κ2) is 6.12. The topological polar surface area (TPSA) is 84.7 Å². The van der Waals surface area contributed by atoms with E-state index in [0.717, 1.165) is 31.5 Å². The molecule has 2 aliphatic heterocycles. The number of aromatic carboxylic acids is 1. The number of hydrogen-bond acceptors (Lipinski definition) is 4. The van der Waals surface area contributed by atoms with Gasteiger partial charge in [0, 0.05) is 37.4 Å². The Morgan fingerprint density at radius 2 is 2.16 bits per heavy atom. The van der Waals surface area contributed by atoms with Crippen LogP contribution in [0.4, 0.5) is 0 Å². The highest BCUT2D eigenvalue weighted by molar-refractivity contribution is 5.89. The summed E-state index contributed by atoms with van der Waals surface area (Å²) in [5, 5.41) is 13.9. The standard InChI is InChI=1S/C18H25N3O4/c1-18(7-2-3-9-25-18)17(24)20-8-6-14-13(11-20)15(16(22)23)19-21(14)10-12-4-5-12/h12H,2-11H2,1H3,(H,22,23). The summed E-state index contributed by atoms with van der Waals surface area (Å²) in [6, 6.07) is 0. The molecule has 3 heterocycles. The molecule has 4 rings (SSSR count). The van der Waals surface area contributed by atoms with Crippen molar-refractivity contribution >= 4 is 11.9 Å². The SMILES string of the molecule is CC1(C(=O)N2CCc3c(c(C(=O)O)nn3CC3CC3)C2)CCCCO1. The minimum atomic E-state index is -1.01. The lowest BCUT2D eigenvalue weighted by atomic mass is 9.93. The maximum atomic E-state index is 13.0. The summed E-state index contributed by atoms with van der Waals surface area (Å²) in [5.74, 6) is -0.413. The van der Waals surface area contributed by atoms with E-state index in [0.29, 0.717) is 37.6 Å². The maximum absolute atomic E-state index is 13.0. The van der Waals surface area contributed by atoms with Crippen molar-refractivity contribution < 1.29 is 19.4 Å². The molecule has 1 saturated carbocycles. The van der Waals surface area contributed by atoms with Crippen LogP contribution in [0.25, 0.3) is 0 Å². The Morgan fingerprint density at radius 1 is 1.36 bits per heavy atom. The minimum Gasteiger partial charge on any atom is -0.476 e. The fourth-order valence-corrected chi connectivity index (χ4v) is 3.97. The van der Waals surface area contributed by atoms with Gasteiger partial charge < -0.3 is 14.7 Å². The highest BCUT2D eigenvalue weighted by Gasteiger charge is 2.41. The van der Waals surface area contributed by atoms with Crippen LogP contribution in [0, 0.1) is 5.92 Å². The summed E-state index contributed by atoms with van der Waals surface area (Å²) >= 11 is 0. The fraction of sp³-hybridized carbons (Fsp3) is 0.722. The molecular weight excluding hydrogens is 322 g/mol. The molecule has 7 heteroatoms. The van der Waals surface area contributed by atoms with E-state index in [1.54, 1.807) is 4.90 Å². The Labute approximate surface area is 146 Å². The molecule has 7 nitrogen and oxygen atoms in total. The van der Waals surface area contributed by atoms with Crippen molar-refractivity contribution in [3.63, 3.8) is 0 Å². The predicted molar refractivity (Wildman–Crippen MR) is 89.2 cm³/mol. The van der Waals surface area contributed by atoms with E-state index in [1.165, 1.54) is 12.8 Å². The van der Waals surface area contributed by atoms with Gasteiger partial charge in [-0.2, -0.15) is 5.10 Å². The van der Waals surface area contributed by atoms with E-state index in [2.05, 4.69) is 5.10 Å². The normalized spacial score (nSPS) is 26.4. The van der Waals surface area contributed by atoms with Gasteiger partial charge in [-0.15, -0.1) is 0 Å². The smallest absolute Gasteiger partial charge is 0.356 e. The average molecular weight is 347 g/mol. The first-order valence-electron chi connectivity index (χ1n) is 9.23. The Morgan fingerprint density at radius 3 is 2.80 bits per heavy atom. The summed E-state index contributed by atoms with van der Waals surface area (Å²) in [6.45, 7) is 4.18. The lowest BCUT2D eigenvalue weighted by Crippen LogP contribution is -2.51. The molecule has 1 aromatic heterocycles. The lowest BCUT2D eigenvalue weighted by Gasteiger charge is -2.38. The van der Waals surface area contributed by atoms with Crippen LogP contribution >= 0.6 is 0 Å². The number of ether oxygens (including phenoxy) is 1. The third-order valence-corrected chi connectivity index (χ3v) is 5.67. The zero-order valence-electron chi connectivity index (χ0n) is 14.7. The molecular formula is C18H25N3O4. The van der Waals surface area contributed by atoms with Gasteiger partial charge >= 0.3 is 5.97 Å². The number of rotatable bonds is 4. The predicted octanol–water partition coefficient (Wildman–Crippen LogP) is 1.84. The van der Waals surface area contributed by atoms with Crippen LogP contribution in [0.3, 0.4) is 0 Å². The third kappa shape index (κ3) is 3.05. The molecule has 1 N–H and O–H groups in total. The van der Waals surface area contributed by atoms with Gasteiger partial charge in [0.25, 0.3) is 5.91 Å². The number of aromatic nitrogens is 2. The first-order chi connectivity index (χ1) is 12.0. The highest BCUT2D eigenvalue weighted by atomic mass is 16.5. The molecule has 0 radical (unpaired) electrons. The molecule has 136 valence electrons. The van der Waals surface area contributed by atoms with Crippen molar-refractivity contribution in [3.05, 3.63) is 17.0 Å². The largest absolute Gasteiger partial charge is 0.476 e. The molecule has 0 bridgehead atoms. The molecule has 2 fully saturated rings. The summed E-state index contributed by atoms with van der Waals surface area (Å²) in [4.78, 5) is 26.4. The van der Waals surface area contributed by atoms with Crippen LogP contribution in [0.5, 0.6) is 0 Å². The first-order valence-corrected chi connectivity index (χ1v) is 9.23. The third-order valence-electron chi connectivity index (χ3n) is 5.67. The number of fused-ring (bicyclic) bond motifs is 1. The van der Waals surface area contributed by atoms with Gasteiger partial charge in [-0.25, -0.2) is 4.79 Å². The Hall–Kier alpha value is -1.89. The number of hydrogen-bond donors (Lipinski definition) is 1. The quantitative estimate of drug-likeness (QED) is 0.898. The van der Waals surface area contributed by atoms with Gasteiger partial charge in [0.1, 0.15) is 5.60 Å². The van der Waals surface area contributed by atoms with Crippen molar-refractivity contribution in [1.29, 1.82) is 0 Å². The molecule has 1 atom stereocenters. The van der Waals surface area contributed by atoms with Crippen LogP contribution in [-0.4, -0.2) is 50.4 Å². The highest BCUT2D eigenvalue weighted by Crippen LogP contribution is 2.34. The molecule has 1 unspecified atom stereocenters. The molecule has 1 aromatic rings. The first kappa shape index (κ1) is 16.6. The van der Waals surface area contributed by atoms with E-state index in [1.807, 2.05) is 11.6 Å². The van der Waals surface area contributed by atoms with Crippen molar-refractivity contribution in [2.24, 2.45) is 5.92 Å². The van der Waals surface area contributed by atoms with Crippen LogP contribution in [0.1, 0.15) is 60.8 Å². The average Bonchev–Trinajstić information content (AvgIpc) is 3.34. The van der Waals surface area contributed by atoms with Crippen molar-refractivity contribution in [1.82, 2.24) is 14.7 Å². The van der Waals surface area contributed by atoms with Gasteiger partial charge in [0.2, 0.25) is 0 Å². The zero-order chi connectivity index (χ0) is 17.6. The monoisotopic (exact) mass is 347 g/mol. The van der Waals surface area contributed by atoms with Crippen molar-refractivity contribution in [2.75, 3.05) is 13.2 Å². The van der Waals surface area contributed by atoms with E-state index >= 15 is 0 Å². The second-order valence-electron chi connectivity index (χ2n) is 7.72. The molecule has 1 aliphatic carbocycles. The van der Waals surface area contributed by atoms with E-state index < -0.39 is 11.6 Å². The number of carboxylic acids is 1. The fourth-order valence-electron chi connectivity index (χ4n) is 3.97. The van der Waals surface area contributed by atoms with E-state index in [-0.39, 0.29) is 11.6 Å². The maximum Gasteiger partial charge on any atom is 0.356 e. The molecule has 0 spiro atoms. The van der Waals surface area contributed by atoms with Crippen molar-refractivity contribution in [2.45, 2.75) is 64.1 Å². The molecule has 25 heavy (non-hydrogen) atoms. The van der Waals surface area contributed by atoms with E-state index in [4.69, 9.17) is 4.74 Å². The molecule has 1 saturated heterocycles. The Kier molecular flexibility index (Phi) is 4.06. The van der Waals surface area contributed by atoms with Gasteiger partial charge in [0.15, 0.2) is 5.69 Å². The summed E-state index contributed by atoms with van der Waals surface area (Å²) in [7, 11) is 0. The molecule has 1 amide bonds. The molecule has 0 aromatic carbocycles. The number of carbonyl (C=O) groups excluding carboxylic acids is 1. The van der Waals surface area contributed by atoms with Crippen molar-refractivity contribution in [3.8, 4) is 0 Å². The summed E-state index contributed by atoms with van der Waals surface area (Å²) < 4.78 is 7.66. The lowest BCUT2D eigenvalue weighted by molar-refractivity contribution is -0.162. The second-order valence-corrected chi connectivity index (χ2v) is 7.72. The number of carboxylic acid groups (broad SMARTS) is 1. The zero-order valence-corrected chi connectivity index (χ0v) is 14.7. The minimum absolute atomic E-state index is 0.0240. The van der Waals surface area contributed by atoms with Gasteiger partial charge in [-0.05, 0) is 44.9 Å². The van der Waals surface area contributed by atoms with Crippen LogP contribution in [0.15, 0.2) is 0 Å². The number of nitrogens with zero attached hydrogens (tertiary/aromatic N) is 3. The Balaban J connectivity index is 1.58. The van der Waals surface area contributed by atoms with Crippen LogP contribution in [0.2, 0.25) is 0 Å². The summed E-state index contributed by atoms with van der Waals surface area (Å²) in [6.07, 6.45) is 5.74. The number of carbonyl (C=O) groups is 2. The summed E-state index contributed by atoms with van der Waals surface area (Å²) in [5.41, 5.74) is 1.02. The van der Waals surface area contributed by atoms with Gasteiger partial charge in [0.05, 0.1) is 6.54 Å². The Bertz CT molecular complexity index is 701. The van der Waals surface area contributed by atoms with E-state index in [9.17, 15) is 14.7 Å².